The van der Waals surface area contributed by atoms with Gasteiger partial charge in [-0.2, -0.15) is 0 Å². The fourth-order valence-corrected chi connectivity index (χ4v) is 13.8. The van der Waals surface area contributed by atoms with Gasteiger partial charge in [-0.05, 0) is 97.1 Å². The molecule has 4 heterocycles. The molecular formula is C53H64N8O15. The van der Waals surface area contributed by atoms with Crippen LogP contribution in [0, 0.1) is 23.2 Å². The number of allylic oxidation sites excluding steroid dienone is 3. The van der Waals surface area contributed by atoms with E-state index in [1.54, 1.807) is 6.08 Å². The number of nitrogens with one attached hydrogen (secondary N) is 3. The molecule has 0 radical (unpaired) electrons. The zero-order chi connectivity index (χ0) is 54.3. The van der Waals surface area contributed by atoms with E-state index in [4.69, 9.17) is 31.4 Å². The first-order valence-electron chi connectivity index (χ1n) is 25.4. The second-order valence-electron chi connectivity index (χ2n) is 20.9. The number of aliphatic hydroxyl groups excluding tert-OH is 5. The molecule has 2 aromatic carbocycles. The Bertz CT molecular complexity index is 2970. The van der Waals surface area contributed by atoms with Gasteiger partial charge in [0.15, 0.2) is 11.7 Å². The van der Waals surface area contributed by atoms with Crippen LogP contribution in [0.1, 0.15) is 105 Å². The first-order chi connectivity index (χ1) is 36.3. The quantitative estimate of drug-likeness (QED) is 0.0498. The number of amides is 2. The maximum absolute atomic E-state index is 15.8. The fraction of sp³-hybridized carbons (Fsp3) is 0.491. The number of aliphatic hydroxyl groups is 7. The molecule has 8 aliphatic rings. The summed E-state index contributed by atoms with van der Waals surface area (Å²) in [4.78, 5) is 61.9. The summed E-state index contributed by atoms with van der Waals surface area (Å²) in [6.07, 6.45) is 5.69. The van der Waals surface area contributed by atoms with Crippen LogP contribution in [-0.4, -0.2) is 152 Å². The van der Waals surface area contributed by atoms with E-state index in [-0.39, 0.29) is 77.1 Å². The summed E-state index contributed by atoms with van der Waals surface area (Å²) in [6.45, 7) is -2.64. The number of methoxy groups -OCH3 is 1. The van der Waals surface area contributed by atoms with Crippen LogP contribution in [0.25, 0.3) is 0 Å². The lowest BCUT2D eigenvalue weighted by atomic mass is 9.56. The van der Waals surface area contributed by atoms with Gasteiger partial charge in [0.05, 0.1) is 42.9 Å². The molecular weight excluding hydrogens is 989 g/mol. The van der Waals surface area contributed by atoms with E-state index < -0.39 is 120 Å². The molecule has 4 aliphatic carbocycles. The van der Waals surface area contributed by atoms with Crippen LogP contribution in [-0.2, 0) is 27.4 Å². The molecule has 0 bridgehead atoms. The third-order valence-electron chi connectivity index (χ3n) is 17.3. The predicted octanol–water partition coefficient (Wildman–Crippen LogP) is -1.47. The van der Waals surface area contributed by atoms with Crippen molar-refractivity contribution in [2.75, 3.05) is 40.5 Å². The van der Waals surface area contributed by atoms with Gasteiger partial charge in [0.25, 0.3) is 11.8 Å². The summed E-state index contributed by atoms with van der Waals surface area (Å²) >= 11 is 0. The molecule has 12 atom stereocenters. The van der Waals surface area contributed by atoms with Crippen molar-refractivity contribution >= 4 is 29.3 Å². The van der Waals surface area contributed by atoms with Gasteiger partial charge < -0.3 is 88.2 Å². The number of guanidine groups is 1. The molecule has 1 unspecified atom stereocenters. The number of ketones is 2. The first-order valence-corrected chi connectivity index (χ1v) is 25.4. The van der Waals surface area contributed by atoms with Crippen LogP contribution in [0.3, 0.4) is 0 Å². The third-order valence-corrected chi connectivity index (χ3v) is 17.3. The van der Waals surface area contributed by atoms with Gasteiger partial charge in [0.2, 0.25) is 17.9 Å². The van der Waals surface area contributed by atoms with E-state index in [0.717, 1.165) is 35.1 Å². The van der Waals surface area contributed by atoms with Crippen molar-refractivity contribution in [3.05, 3.63) is 110 Å². The van der Waals surface area contributed by atoms with Gasteiger partial charge in [-0.15, -0.1) is 0 Å². The number of ether oxygens (including phenoxy) is 3. The van der Waals surface area contributed by atoms with Crippen molar-refractivity contribution in [3.63, 3.8) is 0 Å². The van der Waals surface area contributed by atoms with Crippen LogP contribution in [0.2, 0.25) is 0 Å². The minimum atomic E-state index is -3.20. The number of nitrogens with two attached hydrogens (primary N) is 3. The van der Waals surface area contributed by atoms with E-state index in [1.807, 2.05) is 18.4 Å². The zero-order valence-corrected chi connectivity index (χ0v) is 41.9. The number of nitrogens with zero attached hydrogens (tertiary/aromatic N) is 2. The predicted molar refractivity (Wildman–Crippen MR) is 268 cm³/mol. The molecule has 406 valence electrons. The van der Waals surface area contributed by atoms with Crippen LogP contribution in [0.4, 0.5) is 0 Å². The molecule has 23 heteroatoms. The Kier molecular flexibility index (Phi) is 13.7. The lowest BCUT2D eigenvalue weighted by molar-refractivity contribution is -0.420. The average molecular weight is 1050 g/mol. The topological polar surface area (TPSA) is 388 Å². The van der Waals surface area contributed by atoms with E-state index >= 15 is 9.59 Å². The van der Waals surface area contributed by atoms with Gasteiger partial charge in [0, 0.05) is 84.7 Å². The van der Waals surface area contributed by atoms with Crippen LogP contribution in [0.5, 0.6) is 17.2 Å². The highest BCUT2D eigenvalue weighted by molar-refractivity contribution is 6.31. The second kappa shape index (κ2) is 19.7. The number of rotatable bonds is 14. The highest BCUT2D eigenvalue weighted by atomic mass is 16.8. The summed E-state index contributed by atoms with van der Waals surface area (Å²) in [6, 6.07) is 0.404. The number of carbonyl (C=O) groups is 4. The lowest BCUT2D eigenvalue weighted by Gasteiger charge is -2.53. The molecule has 2 amide bonds. The number of phenols is 1. The van der Waals surface area contributed by atoms with Gasteiger partial charge in [-0.25, -0.2) is 0 Å². The Morgan fingerprint density at radius 1 is 1.01 bits per heavy atom. The van der Waals surface area contributed by atoms with Gasteiger partial charge in [0.1, 0.15) is 41.7 Å². The van der Waals surface area contributed by atoms with Crippen molar-refractivity contribution in [2.24, 2.45) is 45.4 Å². The number of hydrogen-bond acceptors (Lipinski definition) is 20. The number of benzene rings is 2. The molecule has 76 heavy (non-hydrogen) atoms. The average Bonchev–Trinajstić information content (AvgIpc) is 4.11. The second-order valence-corrected chi connectivity index (χ2v) is 20.9. The maximum atomic E-state index is 15.8. The molecule has 1 saturated heterocycles. The Morgan fingerprint density at radius 2 is 1.75 bits per heavy atom. The van der Waals surface area contributed by atoms with Gasteiger partial charge in [-0.1, -0.05) is 12.2 Å². The molecule has 2 fully saturated rings. The van der Waals surface area contributed by atoms with Crippen LogP contribution >= 0.6 is 0 Å². The van der Waals surface area contributed by atoms with Crippen molar-refractivity contribution in [3.8, 4) is 17.2 Å². The van der Waals surface area contributed by atoms with E-state index in [9.17, 15) is 50.4 Å². The highest BCUT2D eigenvalue weighted by Gasteiger charge is 2.65. The number of fused-ring (bicyclic) bond motifs is 3. The van der Waals surface area contributed by atoms with Crippen molar-refractivity contribution in [1.29, 1.82) is 0 Å². The molecule has 23 nitrogen and oxygen atoms in total. The Morgan fingerprint density at radius 3 is 2.39 bits per heavy atom. The molecule has 0 spiro atoms. The Balaban J connectivity index is 1.09. The van der Waals surface area contributed by atoms with Crippen molar-refractivity contribution in [1.82, 2.24) is 20.9 Å². The van der Waals surface area contributed by atoms with Crippen LogP contribution < -0.4 is 42.6 Å². The van der Waals surface area contributed by atoms with E-state index in [0.29, 0.717) is 47.9 Å². The fourth-order valence-electron chi connectivity index (χ4n) is 13.8. The third kappa shape index (κ3) is 8.01. The van der Waals surface area contributed by atoms with Gasteiger partial charge in [-0.3, -0.25) is 29.1 Å². The van der Waals surface area contributed by atoms with Crippen molar-refractivity contribution in [2.45, 2.75) is 99.6 Å². The normalized spacial score (nSPS) is 32.8. The first kappa shape index (κ1) is 52.8. The molecule has 17 N–H and O–H groups in total. The Hall–Kier alpha value is -6.67. The largest absolute Gasteiger partial charge is 0.507 e. The van der Waals surface area contributed by atoms with Crippen molar-refractivity contribution < 1.29 is 74.2 Å². The smallest absolute Gasteiger partial charge is 0.253 e. The van der Waals surface area contributed by atoms with E-state index in [2.05, 4.69) is 20.9 Å². The molecule has 4 aliphatic heterocycles. The summed E-state index contributed by atoms with van der Waals surface area (Å²) < 4.78 is 17.7. The summed E-state index contributed by atoms with van der Waals surface area (Å²) in [5, 5.41) is 103. The van der Waals surface area contributed by atoms with E-state index in [1.165, 1.54) is 20.2 Å². The lowest BCUT2D eigenvalue weighted by Crippen LogP contribution is -2.75. The zero-order valence-electron chi connectivity index (χ0n) is 41.9. The number of aliphatic imine (C=N–C) groups is 1. The minimum Gasteiger partial charge on any atom is -0.507 e. The summed E-state index contributed by atoms with van der Waals surface area (Å²) in [7, 11) is 2.73. The number of hydrogen-bond donors (Lipinski definition) is 14. The molecule has 2 aromatic rings. The number of imide groups is 1. The molecule has 0 aromatic heterocycles. The summed E-state index contributed by atoms with van der Waals surface area (Å²) in [5.41, 5.74) is 16.3. The standard InChI is InChI=1S/C53H64N8O15/c1-57-50(56)60-30-15-24-9-12-51(27-4-6-33(54)59-19-27)26(11-14-62)3-5-28-37(43(24)51)40(30)45(68)42-38(28)44(67)39-29(21-63)31(74-2)17-32(41(39)46(42)69)75-49-47(70)48(71)52(72,53(73,22-64)76-49)18-25(23-10-13-58-34(55)16-23)20-61-35(65)7-8-36(61)66/h4,6-8,10,16-17,19,24-26,30,33,43,47-49,58-59,62-64,68,70-73H,3,5,9,11-15,18,20-22,54-55H2,1-2H3,(H3,56,57,60)/t24-,25+,26-,30-,33?,43-,47+,48+,49+,51+,52-,53+/m0/s1. The minimum absolute atomic E-state index is 0.0451. The highest BCUT2D eigenvalue weighted by Crippen LogP contribution is 2.69. The maximum Gasteiger partial charge on any atom is 0.253 e. The number of carbonyl (C=O) groups excluding carboxylic acids is 4. The number of aromatic hydroxyl groups is 1. The molecule has 1 saturated carbocycles. The monoisotopic (exact) mass is 1050 g/mol. The number of dihydropyridines is 2. The summed E-state index contributed by atoms with van der Waals surface area (Å²) in [5.74, 6) is -8.94. The van der Waals surface area contributed by atoms with Gasteiger partial charge >= 0.3 is 0 Å². The van der Waals surface area contributed by atoms with Crippen LogP contribution in [0.15, 0.2) is 70.7 Å². The molecule has 10 rings (SSSR count). The Labute approximate surface area is 436 Å². The number of phenolic OH excluding ortho intramolecular Hbond substituents is 1. The SMILES string of the molecule is CN=C(N)N[C@H]1C[C@@H]2CC[C@]3(C4=CNC(N)C=C4)[C@H](CCO)CCc4c5c(c(O)c1c4[C@H]23)C(=O)c1c(O[C@@H]2O[C@](O)(CO)[C@](O)(C[C@H](CN3C(=O)C=CC3=O)C3=CCNC(N)=C3)[C@H](O)[C@H]2O)cc(OC)c(CO)c1C5=O.